The molecule has 0 atom stereocenters. The predicted molar refractivity (Wildman–Crippen MR) is 252 cm³/mol. The molecule has 0 saturated heterocycles. The monoisotopic (exact) mass is 773 g/mol. The summed E-state index contributed by atoms with van der Waals surface area (Å²) in [5.74, 6) is 0. The Morgan fingerprint density at radius 3 is 1.23 bits per heavy atom. The van der Waals surface area contributed by atoms with Crippen LogP contribution in [0.4, 0.5) is 17.1 Å². The van der Waals surface area contributed by atoms with Crippen molar-refractivity contribution in [3.05, 3.63) is 281 Å². The highest BCUT2D eigenvalue weighted by molar-refractivity contribution is 5.96. The van der Waals surface area contributed by atoms with Crippen LogP contribution in [0.1, 0.15) is 44.5 Å². The lowest BCUT2D eigenvalue weighted by molar-refractivity contribution is 0.633. The molecule has 10 aromatic carbocycles. The van der Waals surface area contributed by atoms with Crippen molar-refractivity contribution in [2.45, 2.75) is 10.8 Å². The lowest BCUT2D eigenvalue weighted by Crippen LogP contribution is -2.43. The van der Waals surface area contributed by atoms with Crippen LogP contribution in [0, 0.1) is 0 Å². The highest BCUT2D eigenvalue weighted by atomic mass is 15.1. The maximum absolute atomic E-state index is 2.52. The van der Waals surface area contributed by atoms with Gasteiger partial charge in [0.2, 0.25) is 0 Å². The van der Waals surface area contributed by atoms with Crippen LogP contribution in [-0.4, -0.2) is 0 Å². The van der Waals surface area contributed by atoms with E-state index in [0.29, 0.717) is 0 Å². The fourth-order valence-corrected chi connectivity index (χ4v) is 11.6. The van der Waals surface area contributed by atoms with E-state index in [1.807, 2.05) is 0 Å². The van der Waals surface area contributed by atoms with Gasteiger partial charge in [0.15, 0.2) is 0 Å². The van der Waals surface area contributed by atoms with Gasteiger partial charge in [-0.15, -0.1) is 0 Å². The molecule has 284 valence electrons. The van der Waals surface area contributed by atoms with Crippen molar-refractivity contribution in [1.29, 1.82) is 0 Å². The molecule has 0 amide bonds. The second kappa shape index (κ2) is 12.9. The normalized spacial score (nSPS) is 14.2. The fourth-order valence-electron chi connectivity index (χ4n) is 11.6. The first-order valence-electron chi connectivity index (χ1n) is 21.3. The number of anilines is 3. The second-order valence-corrected chi connectivity index (χ2v) is 16.7. The Hall–Kier alpha value is -7.74. The third-order valence-corrected chi connectivity index (χ3v) is 13.9. The molecule has 13 rings (SSSR count). The summed E-state index contributed by atoms with van der Waals surface area (Å²) in [5.41, 5.74) is 20.6. The maximum Gasteiger partial charge on any atom is 0.0720 e. The molecular formula is C60H39N. The molecule has 0 radical (unpaired) electrons. The minimum absolute atomic E-state index is 0.476. The van der Waals surface area contributed by atoms with E-state index in [1.54, 1.807) is 0 Å². The van der Waals surface area contributed by atoms with E-state index in [4.69, 9.17) is 0 Å². The Morgan fingerprint density at radius 1 is 0.230 bits per heavy atom. The maximum atomic E-state index is 2.52. The van der Waals surface area contributed by atoms with Crippen molar-refractivity contribution in [3.8, 4) is 33.4 Å². The van der Waals surface area contributed by atoms with Crippen molar-refractivity contribution in [1.82, 2.24) is 0 Å². The van der Waals surface area contributed by atoms with Crippen LogP contribution in [0.15, 0.2) is 237 Å². The molecule has 2 spiro atoms. The van der Waals surface area contributed by atoms with E-state index in [2.05, 4.69) is 241 Å². The molecule has 0 N–H and O–H groups in total. The summed E-state index contributed by atoms with van der Waals surface area (Å²) in [6.45, 7) is 0. The van der Waals surface area contributed by atoms with Crippen molar-refractivity contribution in [3.63, 3.8) is 0 Å². The van der Waals surface area contributed by atoms with Gasteiger partial charge in [-0.05, 0) is 125 Å². The second-order valence-electron chi connectivity index (χ2n) is 16.7. The fraction of sp³-hybridized carbons (Fsp3) is 0.0333. The Balaban J connectivity index is 1.11. The van der Waals surface area contributed by atoms with E-state index in [0.717, 1.165) is 17.1 Å². The summed E-state index contributed by atoms with van der Waals surface area (Å²) in [5, 5.41) is 2.44. The summed E-state index contributed by atoms with van der Waals surface area (Å²) in [7, 11) is 0. The molecule has 10 aromatic rings. The van der Waals surface area contributed by atoms with Gasteiger partial charge < -0.3 is 4.90 Å². The topological polar surface area (TPSA) is 3.24 Å². The summed E-state index contributed by atoms with van der Waals surface area (Å²) in [6, 6.07) is 88.6. The molecule has 0 saturated carbocycles. The average molecular weight is 774 g/mol. The first-order chi connectivity index (χ1) is 30.3. The molecule has 0 fully saturated rings. The number of nitrogens with zero attached hydrogens (tertiary/aromatic N) is 1. The Morgan fingerprint density at radius 2 is 0.639 bits per heavy atom. The standard InChI is InChI=1S/C60H39N/c1-2-17-40(18-3-1)43-21-16-22-44(37-43)61(45-34-33-41-19-4-5-20-42(41)38-45)46-35-36-50-49-25-8-11-28-53(49)60(58(50)39-46)56-31-14-12-29-54(56)59(55-30-13-15-32-57(55)60)51-26-9-6-23-47(51)48-24-7-10-27-52(48)59/h1-39H. The van der Waals surface area contributed by atoms with Crippen LogP contribution in [-0.2, 0) is 10.8 Å². The van der Waals surface area contributed by atoms with E-state index < -0.39 is 10.8 Å². The Labute approximate surface area is 356 Å². The predicted octanol–water partition coefficient (Wildman–Crippen LogP) is 15.0. The zero-order valence-electron chi connectivity index (χ0n) is 33.5. The Kier molecular flexibility index (Phi) is 7.21. The number of fused-ring (bicyclic) bond motifs is 17. The quantitative estimate of drug-likeness (QED) is 0.172. The lowest BCUT2D eigenvalue weighted by atomic mass is 9.52. The number of benzene rings is 10. The van der Waals surface area contributed by atoms with E-state index >= 15 is 0 Å². The third kappa shape index (κ3) is 4.55. The summed E-state index contributed by atoms with van der Waals surface area (Å²) >= 11 is 0. The summed E-state index contributed by atoms with van der Waals surface area (Å²) < 4.78 is 0. The van der Waals surface area contributed by atoms with Crippen molar-refractivity contribution >= 4 is 27.8 Å². The molecule has 0 bridgehead atoms. The molecule has 3 aliphatic carbocycles. The highest BCUT2D eigenvalue weighted by Gasteiger charge is 2.58. The summed E-state index contributed by atoms with van der Waals surface area (Å²) in [4.78, 5) is 2.46. The SMILES string of the molecule is c1ccc(-c2cccc(N(c3ccc4c(c3)C3(c5ccccc5-4)c4ccccc4C4(c5ccccc5-c5ccccc54)c4ccccc43)c3ccc4ccccc4c3)c2)cc1. The van der Waals surface area contributed by atoms with Crippen LogP contribution in [0.2, 0.25) is 0 Å². The van der Waals surface area contributed by atoms with E-state index in [1.165, 1.54) is 88.7 Å². The molecule has 0 aliphatic heterocycles. The lowest BCUT2D eigenvalue weighted by Gasteiger charge is -2.49. The first kappa shape index (κ1) is 34.2. The number of hydrogen-bond acceptors (Lipinski definition) is 1. The van der Waals surface area contributed by atoms with Crippen LogP contribution >= 0.6 is 0 Å². The molecule has 0 aromatic heterocycles. The highest BCUT2D eigenvalue weighted by Crippen LogP contribution is 2.67. The van der Waals surface area contributed by atoms with Gasteiger partial charge in [0.25, 0.3) is 0 Å². The minimum atomic E-state index is -0.576. The molecule has 1 heteroatoms. The minimum Gasteiger partial charge on any atom is -0.310 e. The number of hydrogen-bond donors (Lipinski definition) is 0. The third-order valence-electron chi connectivity index (χ3n) is 13.9. The molecule has 61 heavy (non-hydrogen) atoms. The molecular weight excluding hydrogens is 735 g/mol. The van der Waals surface area contributed by atoms with Gasteiger partial charge in [-0.2, -0.15) is 0 Å². The molecule has 1 nitrogen and oxygen atoms in total. The first-order valence-corrected chi connectivity index (χ1v) is 21.3. The zero-order chi connectivity index (χ0) is 40.1. The van der Waals surface area contributed by atoms with Crippen molar-refractivity contribution in [2.24, 2.45) is 0 Å². The van der Waals surface area contributed by atoms with Crippen LogP contribution in [0.3, 0.4) is 0 Å². The van der Waals surface area contributed by atoms with Crippen LogP contribution in [0.5, 0.6) is 0 Å². The van der Waals surface area contributed by atoms with Gasteiger partial charge in [-0.25, -0.2) is 0 Å². The molecule has 0 heterocycles. The van der Waals surface area contributed by atoms with Crippen LogP contribution in [0.25, 0.3) is 44.2 Å². The van der Waals surface area contributed by atoms with Crippen molar-refractivity contribution in [2.75, 3.05) is 4.90 Å². The molecule has 0 unspecified atom stereocenters. The van der Waals surface area contributed by atoms with Gasteiger partial charge in [0, 0.05) is 17.1 Å². The van der Waals surface area contributed by atoms with Gasteiger partial charge in [0.05, 0.1) is 10.8 Å². The number of rotatable bonds is 4. The average Bonchev–Trinajstić information content (AvgIpc) is 3.79. The Bertz CT molecular complexity index is 3300. The largest absolute Gasteiger partial charge is 0.310 e. The molecule has 3 aliphatic rings. The van der Waals surface area contributed by atoms with Crippen molar-refractivity contribution < 1.29 is 0 Å². The smallest absolute Gasteiger partial charge is 0.0720 e. The van der Waals surface area contributed by atoms with E-state index in [-0.39, 0.29) is 0 Å². The van der Waals surface area contributed by atoms with Gasteiger partial charge in [-0.3, -0.25) is 0 Å². The van der Waals surface area contributed by atoms with Gasteiger partial charge in [-0.1, -0.05) is 200 Å². The van der Waals surface area contributed by atoms with E-state index in [9.17, 15) is 0 Å². The zero-order valence-corrected chi connectivity index (χ0v) is 33.5. The van der Waals surface area contributed by atoms with Crippen LogP contribution < -0.4 is 4.90 Å². The summed E-state index contributed by atoms with van der Waals surface area (Å²) in [6.07, 6.45) is 0. The van der Waals surface area contributed by atoms with Gasteiger partial charge >= 0.3 is 0 Å². The van der Waals surface area contributed by atoms with Gasteiger partial charge in [0.1, 0.15) is 0 Å².